The highest BCUT2D eigenvalue weighted by Gasteiger charge is 2.39. The largest absolute Gasteiger partial charge is 0.463 e. The van der Waals surface area contributed by atoms with Crippen molar-refractivity contribution in [3.05, 3.63) is 83.9 Å². The van der Waals surface area contributed by atoms with E-state index in [9.17, 15) is 14.7 Å². The van der Waals surface area contributed by atoms with Crippen LogP contribution in [0.3, 0.4) is 0 Å². The average molecular weight is 484 g/mol. The summed E-state index contributed by atoms with van der Waals surface area (Å²) in [6.45, 7) is 1.96. The van der Waals surface area contributed by atoms with Gasteiger partial charge in [0.1, 0.15) is 4.32 Å². The van der Waals surface area contributed by atoms with E-state index < -0.39 is 18.0 Å². The lowest BCUT2D eigenvalue weighted by Crippen LogP contribution is -2.46. The number of ether oxygens (including phenoxy) is 1. The Morgan fingerprint density at radius 1 is 1.15 bits per heavy atom. The molecule has 1 fully saturated rings. The zero-order chi connectivity index (χ0) is 23.6. The van der Waals surface area contributed by atoms with E-state index in [0.717, 1.165) is 16.9 Å². The summed E-state index contributed by atoms with van der Waals surface area (Å²) < 4.78 is 5.44. The van der Waals surface area contributed by atoms with Crippen LogP contribution in [-0.2, 0) is 27.2 Å². The van der Waals surface area contributed by atoms with Crippen molar-refractivity contribution in [3.8, 4) is 0 Å². The molecule has 1 aliphatic heterocycles. The second kappa shape index (κ2) is 12.7. The lowest BCUT2D eigenvalue weighted by Gasteiger charge is -2.29. The van der Waals surface area contributed by atoms with Gasteiger partial charge in [-0.15, -0.1) is 0 Å². The number of thiocarbonyl (C=S) groups is 1. The number of hydrogen-bond donors (Lipinski definition) is 1. The Morgan fingerprint density at radius 2 is 1.79 bits per heavy atom. The maximum Gasteiger partial charge on any atom is 0.330 e. The van der Waals surface area contributed by atoms with Crippen molar-refractivity contribution in [2.24, 2.45) is 5.92 Å². The molecule has 0 radical (unpaired) electrons. The second-order valence-electron chi connectivity index (χ2n) is 7.86. The number of aliphatic hydroxyl groups excluding tert-OH is 1. The average Bonchev–Trinajstić information content (AvgIpc) is 3.19. The fourth-order valence-electron chi connectivity index (χ4n) is 3.85. The molecular formula is C26H29NO4S2. The van der Waals surface area contributed by atoms with Gasteiger partial charge in [0.2, 0.25) is 5.91 Å². The van der Waals surface area contributed by atoms with Crippen LogP contribution < -0.4 is 0 Å². The normalized spacial score (nSPS) is 17.8. The number of esters is 1. The van der Waals surface area contributed by atoms with Gasteiger partial charge in [-0.2, -0.15) is 0 Å². The van der Waals surface area contributed by atoms with E-state index in [-0.39, 0.29) is 18.6 Å². The molecule has 2 aromatic rings. The highest BCUT2D eigenvalue weighted by Crippen LogP contribution is 2.30. The number of nitrogens with zero attached hydrogens (tertiary/aromatic N) is 1. The van der Waals surface area contributed by atoms with Crippen LogP contribution in [0.2, 0.25) is 0 Å². The Bertz CT molecular complexity index is 965. The lowest BCUT2D eigenvalue weighted by atomic mass is 9.91. The van der Waals surface area contributed by atoms with Gasteiger partial charge in [0, 0.05) is 11.8 Å². The van der Waals surface area contributed by atoms with Gasteiger partial charge < -0.3 is 9.84 Å². The van der Waals surface area contributed by atoms with Crippen molar-refractivity contribution in [3.63, 3.8) is 0 Å². The van der Waals surface area contributed by atoms with Crippen LogP contribution in [-0.4, -0.2) is 50.7 Å². The van der Waals surface area contributed by atoms with Gasteiger partial charge in [0.25, 0.3) is 0 Å². The molecule has 33 heavy (non-hydrogen) atoms. The Balaban J connectivity index is 1.79. The minimum Gasteiger partial charge on any atom is -0.463 e. The molecule has 3 atom stereocenters. The van der Waals surface area contributed by atoms with E-state index in [1.807, 2.05) is 60.7 Å². The highest BCUT2D eigenvalue weighted by molar-refractivity contribution is 8.23. The molecule has 1 N–H and O–H groups in total. The zero-order valence-corrected chi connectivity index (χ0v) is 20.3. The van der Waals surface area contributed by atoms with Crippen molar-refractivity contribution in [2.45, 2.75) is 38.3 Å². The third-order valence-electron chi connectivity index (χ3n) is 5.54. The number of aryl methyl sites for hydroxylation is 1. The number of hydrogen-bond acceptors (Lipinski definition) is 6. The first-order valence-electron chi connectivity index (χ1n) is 11.1. The highest BCUT2D eigenvalue weighted by atomic mass is 32.2. The summed E-state index contributed by atoms with van der Waals surface area (Å²) in [7, 11) is 0. The summed E-state index contributed by atoms with van der Waals surface area (Å²) in [4.78, 5) is 27.1. The predicted octanol–water partition coefficient (Wildman–Crippen LogP) is 4.19. The molecule has 3 rings (SSSR count). The van der Waals surface area contributed by atoms with E-state index in [4.69, 9.17) is 17.0 Å². The number of thioether (sulfide) groups is 1. The molecule has 0 aliphatic carbocycles. The van der Waals surface area contributed by atoms with Gasteiger partial charge in [-0.05, 0) is 43.4 Å². The third kappa shape index (κ3) is 7.25. The Morgan fingerprint density at radius 3 is 2.42 bits per heavy atom. The first-order valence-corrected chi connectivity index (χ1v) is 12.5. The van der Waals surface area contributed by atoms with Crippen LogP contribution in [0, 0.1) is 5.92 Å². The van der Waals surface area contributed by atoms with Crippen LogP contribution in [0.5, 0.6) is 0 Å². The Kier molecular flexibility index (Phi) is 9.66. The smallest absolute Gasteiger partial charge is 0.330 e. The standard InChI is InChI=1S/C26H29NO4S2/c1-2-31-24(29)16-15-23(28)22(14-13-19-9-5-3-6-10-19)25(30)27-21(18-33-26(27)32)17-20-11-7-4-8-12-20/h3-12,15-16,21-23,28H,2,13-14,17-18H2,1H3/t21-,22-,23-/m0/s1. The SMILES string of the molecule is CCOC(=O)C=C[C@H](O)[C@H](CCc1ccccc1)C(=O)N1C(=S)SC[C@@H]1Cc1ccccc1. The van der Waals surface area contributed by atoms with Gasteiger partial charge in [-0.1, -0.05) is 84.6 Å². The van der Waals surface area contributed by atoms with Crippen molar-refractivity contribution in [1.29, 1.82) is 0 Å². The molecule has 0 spiro atoms. The molecular weight excluding hydrogens is 454 g/mol. The molecule has 5 nitrogen and oxygen atoms in total. The maximum absolute atomic E-state index is 13.7. The van der Waals surface area contributed by atoms with Crippen molar-refractivity contribution >= 4 is 40.2 Å². The topological polar surface area (TPSA) is 66.8 Å². The molecule has 1 aliphatic rings. The molecule has 1 amide bonds. The summed E-state index contributed by atoms with van der Waals surface area (Å²) in [6.07, 6.45) is 3.16. The number of carbonyl (C=O) groups excluding carboxylic acids is 2. The van der Waals surface area contributed by atoms with E-state index in [1.54, 1.807) is 11.8 Å². The van der Waals surface area contributed by atoms with Crippen LogP contribution in [0.25, 0.3) is 0 Å². The van der Waals surface area contributed by atoms with E-state index in [1.165, 1.54) is 23.9 Å². The minimum atomic E-state index is -1.13. The first kappa shape index (κ1) is 25.1. The van der Waals surface area contributed by atoms with Crippen molar-refractivity contribution in [2.75, 3.05) is 12.4 Å². The quantitative estimate of drug-likeness (QED) is 0.311. The molecule has 2 aromatic carbocycles. The number of rotatable bonds is 10. The minimum absolute atomic E-state index is 0.0714. The van der Waals surface area contributed by atoms with Crippen LogP contribution in [0.15, 0.2) is 72.8 Å². The van der Waals surface area contributed by atoms with Gasteiger partial charge in [0.05, 0.1) is 24.7 Å². The summed E-state index contributed by atoms with van der Waals surface area (Å²) in [6, 6.07) is 19.8. The van der Waals surface area contributed by atoms with Gasteiger partial charge in [-0.25, -0.2) is 4.79 Å². The van der Waals surface area contributed by atoms with Crippen LogP contribution in [0.4, 0.5) is 0 Å². The molecule has 1 heterocycles. The second-order valence-corrected chi connectivity index (χ2v) is 9.52. The number of amides is 1. The van der Waals surface area contributed by atoms with Crippen molar-refractivity contribution < 1.29 is 19.4 Å². The molecule has 174 valence electrons. The van der Waals surface area contributed by atoms with Crippen molar-refractivity contribution in [1.82, 2.24) is 4.90 Å². The number of aliphatic hydroxyl groups is 1. The van der Waals surface area contributed by atoms with Gasteiger partial charge >= 0.3 is 5.97 Å². The fraction of sp³-hybridized carbons (Fsp3) is 0.346. The molecule has 0 unspecified atom stereocenters. The third-order valence-corrected chi connectivity index (χ3v) is 7.09. The van der Waals surface area contributed by atoms with E-state index >= 15 is 0 Å². The Hall–Kier alpha value is -2.48. The fourth-order valence-corrected chi connectivity index (χ4v) is 5.28. The molecule has 0 aromatic heterocycles. The zero-order valence-electron chi connectivity index (χ0n) is 18.6. The summed E-state index contributed by atoms with van der Waals surface area (Å²) >= 11 is 7.02. The monoisotopic (exact) mass is 483 g/mol. The first-order chi connectivity index (χ1) is 16.0. The lowest BCUT2D eigenvalue weighted by molar-refractivity contribution is -0.138. The van der Waals surface area contributed by atoms with E-state index in [2.05, 4.69) is 0 Å². The number of benzene rings is 2. The van der Waals surface area contributed by atoms with Crippen LogP contribution >= 0.6 is 24.0 Å². The maximum atomic E-state index is 13.7. The summed E-state index contributed by atoms with van der Waals surface area (Å²) in [5, 5.41) is 10.9. The molecule has 0 bridgehead atoms. The number of carbonyl (C=O) groups is 2. The van der Waals surface area contributed by atoms with Gasteiger partial charge in [0.15, 0.2) is 0 Å². The molecule has 1 saturated heterocycles. The van der Waals surface area contributed by atoms with Gasteiger partial charge in [-0.3, -0.25) is 9.69 Å². The Labute approximate surface area is 204 Å². The summed E-state index contributed by atoms with van der Waals surface area (Å²) in [5.41, 5.74) is 2.21. The van der Waals surface area contributed by atoms with Crippen LogP contribution in [0.1, 0.15) is 24.5 Å². The van der Waals surface area contributed by atoms with E-state index in [0.29, 0.717) is 23.6 Å². The summed E-state index contributed by atoms with van der Waals surface area (Å²) in [5.74, 6) is -0.756. The molecule has 7 heteroatoms. The predicted molar refractivity (Wildman–Crippen MR) is 136 cm³/mol. The molecule has 0 saturated carbocycles.